The minimum Gasteiger partial charge on any atom is -0.381 e. The number of halogens is 1. The molecule has 3 atom stereocenters. The Labute approximate surface area is 103 Å². The number of nitrogens with one attached hydrogen (secondary N) is 1. The van der Waals surface area contributed by atoms with Crippen LogP contribution >= 0.6 is 12.4 Å². The van der Waals surface area contributed by atoms with Crippen molar-refractivity contribution >= 4 is 18.3 Å². The van der Waals surface area contributed by atoms with E-state index < -0.39 is 0 Å². The molecule has 3 unspecified atom stereocenters. The van der Waals surface area contributed by atoms with Gasteiger partial charge in [-0.1, -0.05) is 6.92 Å². The highest BCUT2D eigenvalue weighted by molar-refractivity contribution is 5.85. The molecule has 16 heavy (non-hydrogen) atoms. The molecular weight excluding hydrogens is 228 g/mol. The van der Waals surface area contributed by atoms with Crippen LogP contribution in [0.5, 0.6) is 0 Å². The standard InChI is InChI=1S/C11H20N2O2.ClH/c1-7-6-9(7)13-11(14)10(12)8-2-4-15-5-3-8;/h7-10H,2-6,12H2,1H3,(H,13,14);1H. The van der Waals surface area contributed by atoms with Crippen LogP contribution in [0, 0.1) is 11.8 Å². The third-order valence-corrected chi connectivity index (χ3v) is 3.51. The molecule has 0 aromatic rings. The van der Waals surface area contributed by atoms with Gasteiger partial charge in [0, 0.05) is 19.3 Å². The van der Waals surface area contributed by atoms with Crippen molar-refractivity contribution in [3.05, 3.63) is 0 Å². The molecule has 0 aromatic heterocycles. The van der Waals surface area contributed by atoms with Crippen LogP contribution in [-0.4, -0.2) is 31.2 Å². The van der Waals surface area contributed by atoms with Gasteiger partial charge in [-0.15, -0.1) is 12.4 Å². The maximum absolute atomic E-state index is 11.8. The lowest BCUT2D eigenvalue weighted by Crippen LogP contribution is -2.47. The summed E-state index contributed by atoms with van der Waals surface area (Å²) < 4.78 is 5.25. The normalized spacial score (nSPS) is 31.4. The van der Waals surface area contributed by atoms with Gasteiger partial charge in [0.25, 0.3) is 0 Å². The summed E-state index contributed by atoms with van der Waals surface area (Å²) >= 11 is 0. The second kappa shape index (κ2) is 5.84. The summed E-state index contributed by atoms with van der Waals surface area (Å²) in [6, 6.07) is 0.0325. The SMILES string of the molecule is CC1CC1NC(=O)C(N)C1CCOCC1.Cl. The predicted molar refractivity (Wildman–Crippen MR) is 64.5 cm³/mol. The van der Waals surface area contributed by atoms with Crippen molar-refractivity contribution in [1.29, 1.82) is 0 Å². The first kappa shape index (κ1) is 13.7. The monoisotopic (exact) mass is 248 g/mol. The summed E-state index contributed by atoms with van der Waals surface area (Å²) in [5, 5.41) is 3.00. The smallest absolute Gasteiger partial charge is 0.237 e. The average molecular weight is 249 g/mol. The largest absolute Gasteiger partial charge is 0.381 e. The Morgan fingerprint density at radius 3 is 2.50 bits per heavy atom. The van der Waals surface area contributed by atoms with Crippen molar-refractivity contribution in [2.45, 2.75) is 38.3 Å². The lowest BCUT2D eigenvalue weighted by atomic mass is 9.92. The number of carbonyl (C=O) groups is 1. The number of hydrogen-bond acceptors (Lipinski definition) is 3. The molecule has 2 rings (SSSR count). The number of ether oxygens (including phenoxy) is 1. The minimum absolute atomic E-state index is 0. The zero-order valence-corrected chi connectivity index (χ0v) is 10.5. The van der Waals surface area contributed by atoms with Gasteiger partial charge in [0.05, 0.1) is 6.04 Å². The first-order valence-electron chi connectivity index (χ1n) is 5.82. The number of nitrogens with two attached hydrogens (primary N) is 1. The van der Waals surface area contributed by atoms with Crippen molar-refractivity contribution in [2.75, 3.05) is 13.2 Å². The quantitative estimate of drug-likeness (QED) is 0.772. The topological polar surface area (TPSA) is 64.4 Å². The van der Waals surface area contributed by atoms with Crippen LogP contribution in [0.2, 0.25) is 0 Å². The zero-order valence-electron chi connectivity index (χ0n) is 9.65. The number of hydrogen-bond donors (Lipinski definition) is 2. The number of rotatable bonds is 3. The predicted octanol–water partition coefficient (Wildman–Crippen LogP) is 0.687. The molecule has 0 radical (unpaired) electrons. The molecule has 1 saturated heterocycles. The van der Waals surface area contributed by atoms with E-state index in [1.165, 1.54) is 0 Å². The summed E-state index contributed by atoms with van der Waals surface area (Å²) in [7, 11) is 0. The molecule has 1 aliphatic carbocycles. The zero-order chi connectivity index (χ0) is 10.8. The summed E-state index contributed by atoms with van der Waals surface area (Å²) in [6.07, 6.45) is 2.93. The molecule has 94 valence electrons. The van der Waals surface area contributed by atoms with Gasteiger partial charge in [0.15, 0.2) is 0 Å². The van der Waals surface area contributed by atoms with E-state index in [0.29, 0.717) is 17.9 Å². The van der Waals surface area contributed by atoms with Crippen LogP contribution in [0.1, 0.15) is 26.2 Å². The maximum Gasteiger partial charge on any atom is 0.237 e. The molecule has 0 aromatic carbocycles. The fourth-order valence-corrected chi connectivity index (χ4v) is 2.09. The van der Waals surface area contributed by atoms with Gasteiger partial charge in [-0.3, -0.25) is 4.79 Å². The number of amides is 1. The van der Waals surface area contributed by atoms with E-state index in [0.717, 1.165) is 32.5 Å². The second-order valence-corrected chi connectivity index (χ2v) is 4.80. The van der Waals surface area contributed by atoms with Crippen molar-refractivity contribution in [3.63, 3.8) is 0 Å². The van der Waals surface area contributed by atoms with Crippen LogP contribution in [-0.2, 0) is 9.53 Å². The van der Waals surface area contributed by atoms with Crippen LogP contribution < -0.4 is 11.1 Å². The Morgan fingerprint density at radius 2 is 2.00 bits per heavy atom. The van der Waals surface area contributed by atoms with Gasteiger partial charge in [-0.25, -0.2) is 0 Å². The van der Waals surface area contributed by atoms with Crippen molar-refractivity contribution in [3.8, 4) is 0 Å². The highest BCUT2D eigenvalue weighted by Gasteiger charge is 2.36. The molecular formula is C11H21ClN2O2. The minimum atomic E-state index is -0.346. The van der Waals surface area contributed by atoms with Crippen LogP contribution in [0.15, 0.2) is 0 Å². The Kier molecular flexibility index (Phi) is 5.02. The lowest BCUT2D eigenvalue weighted by Gasteiger charge is -2.26. The molecule has 1 amide bonds. The van der Waals surface area contributed by atoms with E-state index in [2.05, 4.69) is 12.2 Å². The van der Waals surface area contributed by atoms with Gasteiger partial charge in [0.1, 0.15) is 0 Å². The third-order valence-electron chi connectivity index (χ3n) is 3.51. The van der Waals surface area contributed by atoms with Gasteiger partial charge in [-0.05, 0) is 31.1 Å². The fraction of sp³-hybridized carbons (Fsp3) is 0.909. The van der Waals surface area contributed by atoms with Crippen LogP contribution in [0.3, 0.4) is 0 Å². The Bertz CT molecular complexity index is 244. The Hall–Kier alpha value is -0.320. The molecule has 1 saturated carbocycles. The first-order chi connectivity index (χ1) is 7.18. The molecule has 3 N–H and O–H groups in total. The van der Waals surface area contributed by atoms with Crippen LogP contribution in [0.4, 0.5) is 0 Å². The lowest BCUT2D eigenvalue weighted by molar-refractivity contribution is -0.124. The molecule has 0 bridgehead atoms. The van der Waals surface area contributed by atoms with E-state index in [4.69, 9.17) is 10.5 Å². The van der Waals surface area contributed by atoms with E-state index in [1.54, 1.807) is 0 Å². The highest BCUT2D eigenvalue weighted by atomic mass is 35.5. The van der Waals surface area contributed by atoms with Gasteiger partial charge in [0.2, 0.25) is 5.91 Å². The average Bonchev–Trinajstić information content (AvgIpc) is 2.94. The Morgan fingerprint density at radius 1 is 1.44 bits per heavy atom. The summed E-state index contributed by atoms with van der Waals surface area (Å²) in [5.74, 6) is 0.958. The summed E-state index contributed by atoms with van der Waals surface area (Å²) in [5.41, 5.74) is 5.95. The van der Waals surface area contributed by atoms with Gasteiger partial charge >= 0.3 is 0 Å². The van der Waals surface area contributed by atoms with Crippen molar-refractivity contribution < 1.29 is 9.53 Å². The van der Waals surface area contributed by atoms with E-state index in [9.17, 15) is 4.79 Å². The highest BCUT2D eigenvalue weighted by Crippen LogP contribution is 2.29. The van der Waals surface area contributed by atoms with Crippen molar-refractivity contribution in [2.24, 2.45) is 17.6 Å². The van der Waals surface area contributed by atoms with Crippen LogP contribution in [0.25, 0.3) is 0 Å². The van der Waals surface area contributed by atoms with E-state index >= 15 is 0 Å². The molecule has 1 heterocycles. The van der Waals surface area contributed by atoms with Gasteiger partial charge < -0.3 is 15.8 Å². The van der Waals surface area contributed by atoms with Gasteiger partial charge in [-0.2, -0.15) is 0 Å². The molecule has 2 aliphatic rings. The Balaban J connectivity index is 0.00000128. The van der Waals surface area contributed by atoms with E-state index in [-0.39, 0.29) is 24.4 Å². The second-order valence-electron chi connectivity index (χ2n) is 4.80. The summed E-state index contributed by atoms with van der Waals surface area (Å²) in [4.78, 5) is 11.8. The molecule has 1 aliphatic heterocycles. The molecule has 2 fully saturated rings. The summed E-state index contributed by atoms with van der Waals surface area (Å²) in [6.45, 7) is 3.63. The molecule has 5 heteroatoms. The van der Waals surface area contributed by atoms with Crippen molar-refractivity contribution in [1.82, 2.24) is 5.32 Å². The third kappa shape index (κ3) is 3.34. The number of carbonyl (C=O) groups excluding carboxylic acids is 1. The first-order valence-corrected chi connectivity index (χ1v) is 5.82. The molecule has 0 spiro atoms. The van der Waals surface area contributed by atoms with E-state index in [1.807, 2.05) is 0 Å². The molecule has 4 nitrogen and oxygen atoms in total. The fourth-order valence-electron chi connectivity index (χ4n) is 2.09. The maximum atomic E-state index is 11.8.